The van der Waals surface area contributed by atoms with Gasteiger partial charge in [0.15, 0.2) is 0 Å². The molecule has 1 aromatic rings. The van der Waals surface area contributed by atoms with Crippen molar-refractivity contribution in [1.82, 2.24) is 0 Å². The van der Waals surface area contributed by atoms with Gasteiger partial charge in [0.25, 0.3) is 0 Å². The van der Waals surface area contributed by atoms with Crippen LogP contribution >= 0.6 is 11.3 Å². The Morgan fingerprint density at radius 3 is 2.80 bits per heavy atom. The molecule has 0 saturated heterocycles. The zero-order chi connectivity index (χ0) is 11.4. The topological polar surface area (TPSA) is 72.5 Å². The van der Waals surface area contributed by atoms with Crippen LogP contribution in [-0.2, 0) is 9.53 Å². The second-order valence-electron chi connectivity index (χ2n) is 3.38. The van der Waals surface area contributed by atoms with Crippen molar-refractivity contribution in [2.24, 2.45) is 5.73 Å². The number of ether oxygens (including phenoxy) is 1. The first kappa shape index (κ1) is 12.2. The third-order valence-corrected chi connectivity index (χ3v) is 2.98. The van der Waals surface area contributed by atoms with E-state index in [1.165, 1.54) is 9.75 Å². The number of hydrogen-bond acceptors (Lipinski definition) is 4. The lowest BCUT2D eigenvalue weighted by molar-refractivity contribution is -0.142. The standard InChI is InChI=1S/C10H15NO3S/c1-6-3-8(7(2)15-6)9(11)4-14-5-10(12)13/h3,9H,4-5,11H2,1-2H3,(H,12,13). The van der Waals surface area contributed by atoms with Gasteiger partial charge in [-0.05, 0) is 25.5 Å². The van der Waals surface area contributed by atoms with Crippen molar-refractivity contribution in [3.8, 4) is 0 Å². The summed E-state index contributed by atoms with van der Waals surface area (Å²) in [7, 11) is 0. The number of rotatable bonds is 5. The molecule has 5 heteroatoms. The maximum absolute atomic E-state index is 10.2. The second-order valence-corrected chi connectivity index (χ2v) is 4.84. The molecule has 0 saturated carbocycles. The van der Waals surface area contributed by atoms with Crippen LogP contribution in [0.15, 0.2) is 6.07 Å². The smallest absolute Gasteiger partial charge is 0.329 e. The molecule has 3 N–H and O–H groups in total. The quantitative estimate of drug-likeness (QED) is 0.802. The number of nitrogens with two attached hydrogens (primary N) is 1. The number of thiophene rings is 1. The van der Waals surface area contributed by atoms with Crippen LogP contribution in [0.4, 0.5) is 0 Å². The second kappa shape index (κ2) is 5.25. The highest BCUT2D eigenvalue weighted by atomic mass is 32.1. The van der Waals surface area contributed by atoms with Crippen LogP contribution in [-0.4, -0.2) is 24.3 Å². The molecular formula is C10H15NO3S. The number of carbonyl (C=O) groups is 1. The van der Waals surface area contributed by atoms with Crippen molar-refractivity contribution < 1.29 is 14.6 Å². The fourth-order valence-corrected chi connectivity index (χ4v) is 2.38. The summed E-state index contributed by atoms with van der Waals surface area (Å²) in [4.78, 5) is 12.6. The van der Waals surface area contributed by atoms with Gasteiger partial charge in [-0.3, -0.25) is 0 Å². The number of aryl methyl sites for hydroxylation is 2. The summed E-state index contributed by atoms with van der Waals surface area (Å²) in [5.74, 6) is -0.972. The van der Waals surface area contributed by atoms with E-state index in [9.17, 15) is 4.79 Å². The Labute approximate surface area is 92.7 Å². The fourth-order valence-electron chi connectivity index (χ4n) is 1.38. The normalized spacial score (nSPS) is 12.7. The molecule has 84 valence electrons. The minimum atomic E-state index is -0.972. The van der Waals surface area contributed by atoms with E-state index in [1.54, 1.807) is 11.3 Å². The summed E-state index contributed by atoms with van der Waals surface area (Å²) < 4.78 is 4.96. The Morgan fingerprint density at radius 2 is 2.33 bits per heavy atom. The lowest BCUT2D eigenvalue weighted by atomic mass is 10.1. The molecule has 0 aliphatic carbocycles. The molecule has 0 spiro atoms. The van der Waals surface area contributed by atoms with E-state index in [-0.39, 0.29) is 19.3 Å². The molecule has 0 bridgehead atoms. The monoisotopic (exact) mass is 229 g/mol. The van der Waals surface area contributed by atoms with Crippen LogP contribution in [0.5, 0.6) is 0 Å². The summed E-state index contributed by atoms with van der Waals surface area (Å²) in [5.41, 5.74) is 6.93. The molecule has 1 atom stereocenters. The summed E-state index contributed by atoms with van der Waals surface area (Å²) in [5, 5.41) is 8.39. The highest BCUT2D eigenvalue weighted by Gasteiger charge is 2.12. The fraction of sp³-hybridized carbons (Fsp3) is 0.500. The molecule has 0 aliphatic rings. The molecule has 0 radical (unpaired) electrons. The number of aliphatic carboxylic acids is 1. The summed E-state index contributed by atoms with van der Waals surface area (Å²) >= 11 is 1.69. The minimum absolute atomic E-state index is 0.239. The highest BCUT2D eigenvalue weighted by Crippen LogP contribution is 2.25. The maximum Gasteiger partial charge on any atom is 0.329 e. The Kier molecular flexibility index (Phi) is 4.26. The maximum atomic E-state index is 10.2. The minimum Gasteiger partial charge on any atom is -0.480 e. The molecule has 0 amide bonds. The third kappa shape index (κ3) is 3.62. The van der Waals surface area contributed by atoms with E-state index >= 15 is 0 Å². The lowest BCUT2D eigenvalue weighted by Crippen LogP contribution is -2.19. The van der Waals surface area contributed by atoms with Crippen LogP contribution in [0.3, 0.4) is 0 Å². The summed E-state index contributed by atoms with van der Waals surface area (Å²) in [6.07, 6.45) is 0. The Balaban J connectivity index is 2.50. The largest absolute Gasteiger partial charge is 0.480 e. The molecule has 1 aromatic heterocycles. The van der Waals surface area contributed by atoms with Gasteiger partial charge in [0, 0.05) is 9.75 Å². The first-order valence-electron chi connectivity index (χ1n) is 4.62. The molecule has 0 aliphatic heterocycles. The third-order valence-electron chi connectivity index (χ3n) is 2.00. The van der Waals surface area contributed by atoms with Crippen LogP contribution in [0.1, 0.15) is 21.4 Å². The first-order chi connectivity index (χ1) is 7.00. The van der Waals surface area contributed by atoms with E-state index < -0.39 is 5.97 Å². The molecule has 0 aromatic carbocycles. The predicted molar refractivity (Wildman–Crippen MR) is 59.2 cm³/mol. The van der Waals surface area contributed by atoms with Gasteiger partial charge in [0.2, 0.25) is 0 Å². The zero-order valence-electron chi connectivity index (χ0n) is 8.82. The van der Waals surface area contributed by atoms with Crippen molar-refractivity contribution in [2.75, 3.05) is 13.2 Å². The van der Waals surface area contributed by atoms with Gasteiger partial charge in [0.1, 0.15) is 6.61 Å². The van der Waals surface area contributed by atoms with Gasteiger partial charge in [0.05, 0.1) is 12.6 Å². The average Bonchev–Trinajstić information content (AvgIpc) is 2.44. The van der Waals surface area contributed by atoms with E-state index in [2.05, 4.69) is 0 Å². The number of carboxylic acid groups (broad SMARTS) is 1. The van der Waals surface area contributed by atoms with Gasteiger partial charge in [-0.2, -0.15) is 0 Å². The Bertz CT molecular complexity index is 348. The van der Waals surface area contributed by atoms with Crippen molar-refractivity contribution in [3.05, 3.63) is 21.4 Å². The van der Waals surface area contributed by atoms with Gasteiger partial charge in [-0.25, -0.2) is 4.79 Å². The molecule has 4 nitrogen and oxygen atoms in total. The van der Waals surface area contributed by atoms with Gasteiger partial charge < -0.3 is 15.6 Å². The molecule has 15 heavy (non-hydrogen) atoms. The molecular weight excluding hydrogens is 214 g/mol. The molecule has 0 fully saturated rings. The summed E-state index contributed by atoms with van der Waals surface area (Å²) in [6.45, 7) is 3.97. The van der Waals surface area contributed by atoms with Crippen LogP contribution in [0.2, 0.25) is 0 Å². The van der Waals surface area contributed by atoms with Crippen molar-refractivity contribution in [1.29, 1.82) is 0 Å². The molecule has 1 heterocycles. The van der Waals surface area contributed by atoms with E-state index in [0.29, 0.717) is 0 Å². The first-order valence-corrected chi connectivity index (χ1v) is 5.44. The average molecular weight is 229 g/mol. The SMILES string of the molecule is Cc1cc(C(N)COCC(=O)O)c(C)s1. The lowest BCUT2D eigenvalue weighted by Gasteiger charge is -2.10. The molecule has 1 unspecified atom stereocenters. The van der Waals surface area contributed by atoms with E-state index in [1.807, 2.05) is 19.9 Å². The molecule has 1 rings (SSSR count). The zero-order valence-corrected chi connectivity index (χ0v) is 9.63. The number of hydrogen-bond donors (Lipinski definition) is 2. The highest BCUT2D eigenvalue weighted by molar-refractivity contribution is 7.12. The van der Waals surface area contributed by atoms with Crippen LogP contribution < -0.4 is 5.73 Å². The van der Waals surface area contributed by atoms with Gasteiger partial charge >= 0.3 is 5.97 Å². The summed E-state index contributed by atoms with van der Waals surface area (Å²) in [6, 6.07) is 1.78. The van der Waals surface area contributed by atoms with Gasteiger partial charge in [-0.1, -0.05) is 0 Å². The predicted octanol–water partition coefficient (Wildman–Crippen LogP) is 1.47. The van der Waals surface area contributed by atoms with E-state index in [0.717, 1.165) is 5.56 Å². The Hall–Kier alpha value is -0.910. The number of carboxylic acids is 1. The van der Waals surface area contributed by atoms with Crippen molar-refractivity contribution >= 4 is 17.3 Å². The Morgan fingerprint density at radius 1 is 1.67 bits per heavy atom. The van der Waals surface area contributed by atoms with Crippen LogP contribution in [0.25, 0.3) is 0 Å². The van der Waals surface area contributed by atoms with Gasteiger partial charge in [-0.15, -0.1) is 11.3 Å². The van der Waals surface area contributed by atoms with E-state index in [4.69, 9.17) is 15.6 Å². The van der Waals surface area contributed by atoms with Crippen LogP contribution in [0, 0.1) is 13.8 Å². The van der Waals surface area contributed by atoms with Crippen molar-refractivity contribution in [2.45, 2.75) is 19.9 Å². The van der Waals surface area contributed by atoms with Crippen molar-refractivity contribution in [3.63, 3.8) is 0 Å².